The molecule has 3 amide bonds. The van der Waals surface area contributed by atoms with Crippen LogP contribution in [0, 0.1) is 11.8 Å². The minimum absolute atomic E-state index is 0.0591. The van der Waals surface area contributed by atoms with Crippen LogP contribution in [-0.4, -0.2) is 80.0 Å². The number of likely N-dealkylation sites (tertiary alicyclic amines) is 2. The number of methoxy groups -OCH3 is 1. The van der Waals surface area contributed by atoms with Crippen LogP contribution in [0.25, 0.3) is 11.1 Å². The van der Waals surface area contributed by atoms with Gasteiger partial charge in [0.15, 0.2) is 0 Å². The molecule has 0 radical (unpaired) electrons. The number of urea groups is 1. The molecule has 44 heavy (non-hydrogen) atoms. The van der Waals surface area contributed by atoms with Crippen molar-refractivity contribution in [1.82, 2.24) is 20.4 Å². The van der Waals surface area contributed by atoms with Crippen molar-refractivity contribution in [2.24, 2.45) is 11.8 Å². The fourth-order valence-corrected chi connectivity index (χ4v) is 7.05. The second kappa shape index (κ2) is 16.3. The third kappa shape index (κ3) is 8.34. The third-order valence-electron chi connectivity index (χ3n) is 9.27. The molecule has 0 aliphatic carbocycles. The summed E-state index contributed by atoms with van der Waals surface area (Å²) in [4.78, 5) is 29.4. The van der Waals surface area contributed by atoms with Crippen LogP contribution in [0.3, 0.4) is 0 Å². The number of halogens is 1. The summed E-state index contributed by atoms with van der Waals surface area (Å²) in [6.45, 7) is 10.6. The Bertz CT molecular complexity index is 1270. The van der Waals surface area contributed by atoms with Gasteiger partial charge in [0.05, 0.1) is 12.7 Å². The van der Waals surface area contributed by atoms with E-state index in [1.165, 1.54) is 12.7 Å². The number of aliphatic hydroxyl groups is 1. The van der Waals surface area contributed by atoms with Crippen molar-refractivity contribution in [3.05, 3.63) is 71.3 Å². The summed E-state index contributed by atoms with van der Waals surface area (Å²) >= 11 is 6.89. The number of carbonyl (C=O) groups excluding carboxylic acids is 2. The number of piperidine rings is 2. The molecule has 0 spiro atoms. The van der Waals surface area contributed by atoms with E-state index in [0.29, 0.717) is 43.4 Å². The number of rotatable bonds is 12. The van der Waals surface area contributed by atoms with E-state index >= 15 is 0 Å². The zero-order valence-corrected chi connectivity index (χ0v) is 27.1. The van der Waals surface area contributed by atoms with E-state index in [1.54, 1.807) is 0 Å². The number of nitrogens with zero attached hydrogens (tertiary/aromatic N) is 2. The average Bonchev–Trinajstić information content (AvgIpc) is 3.06. The molecular formula is C35H49ClN4O4. The standard InChI is InChI=1S/C35H49ClN4O4/c1-4-18-37-24-27-15-21-39(22-16-27)34(42)40-20-8-12-29(25-40)35(43,17-9-19-38-33(41)44-3)30-13-7-14-31(36)32(30)28-11-6-10-26(5-2)23-28/h4,6-7,10-11,13-14,23,27,29,37,43H,1,5,8-9,12,15-22,24-25H2,2-3H3,(H,38,41)/t29-,35?/m1/s1. The maximum absolute atomic E-state index is 13.8. The van der Waals surface area contributed by atoms with Crippen LogP contribution >= 0.6 is 11.6 Å². The second-order valence-electron chi connectivity index (χ2n) is 12.1. The van der Waals surface area contributed by atoms with Gasteiger partial charge in [0.2, 0.25) is 0 Å². The lowest BCUT2D eigenvalue weighted by Gasteiger charge is -2.45. The summed E-state index contributed by atoms with van der Waals surface area (Å²) in [5.41, 5.74) is 2.47. The SMILES string of the molecule is C=CCNCC1CCN(C(=O)N2CCC[C@@H](C(O)(CCCNC(=O)OC)c3cccc(Cl)c3-c3cccc(CC)c3)C2)CC1. The molecule has 0 saturated carbocycles. The van der Waals surface area contributed by atoms with Crippen LogP contribution in [0.5, 0.6) is 0 Å². The van der Waals surface area contributed by atoms with Gasteiger partial charge in [0.1, 0.15) is 0 Å². The van der Waals surface area contributed by atoms with Crippen molar-refractivity contribution in [2.45, 2.75) is 57.5 Å². The Labute approximate surface area is 267 Å². The summed E-state index contributed by atoms with van der Waals surface area (Å²) in [6.07, 6.45) is 6.74. The van der Waals surface area contributed by atoms with Gasteiger partial charge in [0.25, 0.3) is 0 Å². The maximum atomic E-state index is 13.8. The van der Waals surface area contributed by atoms with Crippen molar-refractivity contribution in [1.29, 1.82) is 0 Å². The smallest absolute Gasteiger partial charge is 0.406 e. The number of alkyl carbamates (subject to hydrolysis) is 1. The predicted molar refractivity (Wildman–Crippen MR) is 177 cm³/mol. The summed E-state index contributed by atoms with van der Waals surface area (Å²) in [6, 6.07) is 14.1. The highest BCUT2D eigenvalue weighted by Gasteiger charge is 2.43. The zero-order chi connectivity index (χ0) is 31.5. The average molecular weight is 625 g/mol. The molecule has 2 aliphatic rings. The number of aryl methyl sites for hydroxylation is 1. The summed E-state index contributed by atoms with van der Waals surface area (Å²) in [7, 11) is 1.34. The minimum atomic E-state index is -1.27. The Balaban J connectivity index is 1.58. The number of nitrogens with one attached hydrogen (secondary N) is 2. The van der Waals surface area contributed by atoms with Gasteiger partial charge in [-0.3, -0.25) is 0 Å². The first kappa shape index (κ1) is 33.8. The van der Waals surface area contributed by atoms with E-state index in [2.05, 4.69) is 36.3 Å². The molecule has 2 aromatic rings. The van der Waals surface area contributed by atoms with Crippen LogP contribution in [0.15, 0.2) is 55.1 Å². The predicted octanol–water partition coefficient (Wildman–Crippen LogP) is 6.21. The second-order valence-corrected chi connectivity index (χ2v) is 12.5. The molecule has 2 atom stereocenters. The number of benzene rings is 2. The number of hydrogen-bond acceptors (Lipinski definition) is 5. The molecule has 9 heteroatoms. The number of ether oxygens (including phenoxy) is 1. The maximum Gasteiger partial charge on any atom is 0.406 e. The first-order chi connectivity index (χ1) is 21.3. The molecule has 4 rings (SSSR count). The Morgan fingerprint density at radius 3 is 2.64 bits per heavy atom. The highest BCUT2D eigenvalue weighted by Crippen LogP contribution is 2.45. The van der Waals surface area contributed by atoms with E-state index < -0.39 is 11.7 Å². The monoisotopic (exact) mass is 624 g/mol. The lowest BCUT2D eigenvalue weighted by Crippen LogP contribution is -2.53. The Morgan fingerprint density at radius 2 is 1.91 bits per heavy atom. The number of amides is 3. The number of hydrogen-bond donors (Lipinski definition) is 3. The van der Waals surface area contributed by atoms with Crippen molar-refractivity contribution >= 4 is 23.7 Å². The minimum Gasteiger partial charge on any atom is -0.453 e. The Hall–Kier alpha value is -3.07. The quantitative estimate of drug-likeness (QED) is 0.193. The van der Waals surface area contributed by atoms with Gasteiger partial charge in [-0.15, -0.1) is 6.58 Å². The Kier molecular flexibility index (Phi) is 12.5. The van der Waals surface area contributed by atoms with Gasteiger partial charge in [-0.2, -0.15) is 0 Å². The summed E-state index contributed by atoms with van der Waals surface area (Å²) < 4.78 is 4.74. The highest BCUT2D eigenvalue weighted by molar-refractivity contribution is 6.33. The van der Waals surface area contributed by atoms with Gasteiger partial charge in [-0.1, -0.05) is 61.0 Å². The molecule has 0 aromatic heterocycles. The van der Waals surface area contributed by atoms with E-state index in [4.69, 9.17) is 16.3 Å². The molecule has 3 N–H and O–H groups in total. The van der Waals surface area contributed by atoms with Crippen molar-refractivity contribution in [3.63, 3.8) is 0 Å². The van der Waals surface area contributed by atoms with E-state index in [1.807, 2.05) is 46.2 Å². The molecule has 240 valence electrons. The molecular weight excluding hydrogens is 576 g/mol. The van der Waals surface area contributed by atoms with Crippen molar-refractivity contribution in [3.8, 4) is 11.1 Å². The van der Waals surface area contributed by atoms with Crippen molar-refractivity contribution in [2.75, 3.05) is 52.9 Å². The third-order valence-corrected chi connectivity index (χ3v) is 9.58. The molecule has 2 heterocycles. The molecule has 2 aromatic carbocycles. The van der Waals surface area contributed by atoms with Gasteiger partial charge >= 0.3 is 12.1 Å². The van der Waals surface area contributed by atoms with Crippen LogP contribution in [-0.2, 0) is 16.8 Å². The van der Waals surface area contributed by atoms with Gasteiger partial charge in [-0.25, -0.2) is 9.59 Å². The van der Waals surface area contributed by atoms with Gasteiger partial charge in [0, 0.05) is 55.8 Å². The van der Waals surface area contributed by atoms with E-state index in [0.717, 1.165) is 75.0 Å². The Morgan fingerprint density at radius 1 is 1.14 bits per heavy atom. The zero-order valence-electron chi connectivity index (χ0n) is 26.3. The number of carbonyl (C=O) groups is 2. The normalized spacial score (nSPS) is 18.9. The lowest BCUT2D eigenvalue weighted by atomic mass is 9.72. The summed E-state index contributed by atoms with van der Waals surface area (Å²) in [5, 5.41) is 19.5. The fourth-order valence-electron chi connectivity index (χ4n) is 6.76. The van der Waals surface area contributed by atoms with Crippen LogP contribution in [0.4, 0.5) is 9.59 Å². The first-order valence-corrected chi connectivity index (χ1v) is 16.5. The van der Waals surface area contributed by atoms with Crippen molar-refractivity contribution < 1.29 is 19.4 Å². The molecule has 2 fully saturated rings. The van der Waals surface area contributed by atoms with Crippen LogP contribution in [0.1, 0.15) is 56.6 Å². The fraction of sp³-hybridized carbons (Fsp3) is 0.543. The van der Waals surface area contributed by atoms with Crippen LogP contribution in [0.2, 0.25) is 5.02 Å². The van der Waals surface area contributed by atoms with Gasteiger partial charge in [-0.05, 0) is 80.2 Å². The van der Waals surface area contributed by atoms with Gasteiger partial charge < -0.3 is 30.3 Å². The highest BCUT2D eigenvalue weighted by atomic mass is 35.5. The van der Waals surface area contributed by atoms with Crippen LogP contribution < -0.4 is 10.6 Å². The summed E-state index contributed by atoms with van der Waals surface area (Å²) in [5.74, 6) is 0.356. The molecule has 0 bridgehead atoms. The molecule has 1 unspecified atom stereocenters. The van der Waals surface area contributed by atoms with E-state index in [-0.39, 0.29) is 11.9 Å². The molecule has 8 nitrogen and oxygen atoms in total. The largest absolute Gasteiger partial charge is 0.453 e. The molecule has 2 saturated heterocycles. The molecule has 2 aliphatic heterocycles. The lowest BCUT2D eigenvalue weighted by molar-refractivity contribution is -0.0564. The van der Waals surface area contributed by atoms with E-state index in [9.17, 15) is 14.7 Å². The topological polar surface area (TPSA) is 94.1 Å². The first-order valence-electron chi connectivity index (χ1n) is 16.1.